The summed E-state index contributed by atoms with van der Waals surface area (Å²) in [6, 6.07) is 16.0. The maximum Gasteiger partial charge on any atom is 0.264 e. The molecule has 2 N–H and O–H groups in total. The van der Waals surface area contributed by atoms with Gasteiger partial charge in [-0.05, 0) is 64.1 Å². The summed E-state index contributed by atoms with van der Waals surface area (Å²) in [5.41, 5.74) is 7.01. The van der Waals surface area contributed by atoms with Crippen molar-refractivity contribution in [3.05, 3.63) is 84.2 Å². The van der Waals surface area contributed by atoms with Crippen molar-refractivity contribution in [2.75, 3.05) is 32.5 Å². The highest BCUT2D eigenvalue weighted by Gasteiger charge is 2.36. The summed E-state index contributed by atoms with van der Waals surface area (Å²) in [6.07, 6.45) is 7.02. The first kappa shape index (κ1) is 30.2. The molecule has 0 radical (unpaired) electrons. The van der Waals surface area contributed by atoms with Crippen LogP contribution in [0.15, 0.2) is 72.6 Å². The zero-order chi connectivity index (χ0) is 31.7. The molecule has 1 unspecified atom stereocenters. The molecule has 1 amide bonds. The average molecular weight is 610 g/mol. The Morgan fingerprint density at radius 3 is 2.71 bits per heavy atom. The number of likely N-dealkylation sites (tertiary alicyclic amines) is 1. The third kappa shape index (κ3) is 5.99. The topological polar surface area (TPSA) is 122 Å². The van der Waals surface area contributed by atoms with Crippen LogP contribution in [0, 0.1) is 17.1 Å². The predicted octanol–water partition coefficient (Wildman–Crippen LogP) is 5.00. The van der Waals surface area contributed by atoms with Gasteiger partial charge in [0.1, 0.15) is 51.8 Å². The van der Waals surface area contributed by atoms with Gasteiger partial charge in [0.25, 0.3) is 5.91 Å². The zero-order valence-corrected chi connectivity index (χ0v) is 25.6. The number of halogens is 1. The summed E-state index contributed by atoms with van der Waals surface area (Å²) < 4.78 is 28.5. The average Bonchev–Trinajstić information content (AvgIpc) is 3.61. The van der Waals surface area contributed by atoms with Gasteiger partial charge in [-0.3, -0.25) is 14.1 Å². The Labute approximate surface area is 261 Å². The number of rotatable bonds is 9. The van der Waals surface area contributed by atoms with Crippen LogP contribution in [-0.4, -0.2) is 74.5 Å². The zero-order valence-electron chi connectivity index (χ0n) is 25.6. The van der Waals surface area contributed by atoms with Crippen LogP contribution in [0.25, 0.3) is 16.8 Å². The van der Waals surface area contributed by atoms with E-state index < -0.39 is 11.4 Å². The molecule has 2 saturated heterocycles. The molecule has 6 rings (SSSR count). The first-order valence-electron chi connectivity index (χ1n) is 15.0. The Morgan fingerprint density at radius 1 is 1.24 bits per heavy atom. The summed E-state index contributed by atoms with van der Waals surface area (Å²) in [7, 11) is 1.98. The van der Waals surface area contributed by atoms with E-state index >= 15 is 4.39 Å². The van der Waals surface area contributed by atoms with E-state index in [1.807, 2.05) is 43.5 Å². The van der Waals surface area contributed by atoms with E-state index in [1.165, 1.54) is 6.07 Å². The molecular weight excluding hydrogens is 573 g/mol. The lowest BCUT2D eigenvalue weighted by Crippen LogP contribution is -2.55. The minimum absolute atomic E-state index is 0.112. The van der Waals surface area contributed by atoms with Gasteiger partial charge in [-0.25, -0.2) is 14.4 Å². The number of imidazole rings is 1. The van der Waals surface area contributed by atoms with Crippen LogP contribution in [-0.2, 0) is 16.0 Å². The minimum Gasteiger partial charge on any atom is -0.457 e. The summed E-state index contributed by atoms with van der Waals surface area (Å²) in [4.78, 5) is 26.8. The number of ether oxygens (including phenoxy) is 2. The number of carbonyl (C=O) groups excluding carboxylic acids is 1. The first-order valence-corrected chi connectivity index (χ1v) is 15.0. The van der Waals surface area contributed by atoms with E-state index in [9.17, 15) is 10.1 Å². The first-order chi connectivity index (χ1) is 21.7. The molecule has 2 fully saturated rings. The van der Waals surface area contributed by atoms with Gasteiger partial charge in [-0.15, -0.1) is 0 Å². The van der Waals surface area contributed by atoms with Crippen molar-refractivity contribution in [3.63, 3.8) is 0 Å². The quantitative estimate of drug-likeness (QED) is 0.208. The number of nitrogens with two attached hydrogens (primary N) is 1. The molecule has 232 valence electrons. The van der Waals surface area contributed by atoms with Crippen LogP contribution >= 0.6 is 0 Å². The molecule has 11 heteroatoms. The fourth-order valence-corrected chi connectivity index (χ4v) is 6.03. The number of nitrogens with zero attached hydrogens (tertiary/aromatic N) is 6. The highest BCUT2D eigenvalue weighted by atomic mass is 19.1. The van der Waals surface area contributed by atoms with Crippen LogP contribution in [0.2, 0.25) is 0 Å². The molecule has 4 heterocycles. The molecule has 2 aliphatic rings. The fourth-order valence-electron chi connectivity index (χ4n) is 6.03. The highest BCUT2D eigenvalue weighted by molar-refractivity contribution is 5.97. The monoisotopic (exact) mass is 609 g/mol. The molecule has 0 saturated carbocycles. The lowest BCUT2D eigenvalue weighted by atomic mass is 9.96. The Bertz CT molecular complexity index is 1790. The van der Waals surface area contributed by atoms with E-state index in [4.69, 9.17) is 20.2 Å². The van der Waals surface area contributed by atoms with Crippen molar-refractivity contribution in [1.82, 2.24) is 24.2 Å². The molecule has 2 aliphatic heterocycles. The maximum absolute atomic E-state index is 15.6. The lowest BCUT2D eigenvalue weighted by Gasteiger charge is -2.43. The summed E-state index contributed by atoms with van der Waals surface area (Å²) in [5, 5.41) is 10.0. The van der Waals surface area contributed by atoms with Crippen LogP contribution in [0.1, 0.15) is 32.5 Å². The number of nitrogen functional groups attached to an aromatic ring is 1. The number of hydrogen-bond acceptors (Lipinski definition) is 8. The molecule has 0 bridgehead atoms. The molecule has 10 nitrogen and oxygen atoms in total. The van der Waals surface area contributed by atoms with Gasteiger partial charge in [0.15, 0.2) is 0 Å². The van der Waals surface area contributed by atoms with Crippen LogP contribution < -0.4 is 10.5 Å². The van der Waals surface area contributed by atoms with Crippen LogP contribution in [0.3, 0.4) is 0 Å². The second kappa shape index (κ2) is 12.3. The van der Waals surface area contributed by atoms with Crippen molar-refractivity contribution >= 4 is 17.2 Å². The van der Waals surface area contributed by atoms with Gasteiger partial charge < -0.3 is 20.1 Å². The number of aromatic nitrogens is 3. The summed E-state index contributed by atoms with van der Waals surface area (Å²) in [6.45, 7) is 5.79. The van der Waals surface area contributed by atoms with E-state index in [1.54, 1.807) is 47.6 Å². The summed E-state index contributed by atoms with van der Waals surface area (Å²) >= 11 is 0. The van der Waals surface area contributed by atoms with Crippen molar-refractivity contribution in [2.24, 2.45) is 0 Å². The number of para-hydroxylation sites is 1. The second-order valence-electron chi connectivity index (χ2n) is 12.1. The number of carbonyl (C=O) groups is 1. The van der Waals surface area contributed by atoms with Gasteiger partial charge in [0.2, 0.25) is 0 Å². The Kier molecular flexibility index (Phi) is 8.27. The second-order valence-corrected chi connectivity index (χ2v) is 12.1. The van der Waals surface area contributed by atoms with E-state index in [0.29, 0.717) is 54.7 Å². The highest BCUT2D eigenvalue weighted by Crippen LogP contribution is 2.34. The van der Waals surface area contributed by atoms with Crippen LogP contribution in [0.4, 0.5) is 10.2 Å². The molecule has 0 aliphatic carbocycles. The Morgan fingerprint density at radius 2 is 2.02 bits per heavy atom. The third-order valence-corrected chi connectivity index (χ3v) is 8.81. The fraction of sp³-hybridized carbons (Fsp3) is 0.353. The Balaban J connectivity index is 1.28. The number of fused-ring (bicyclic) bond motifs is 1. The van der Waals surface area contributed by atoms with Gasteiger partial charge in [-0.2, -0.15) is 5.26 Å². The molecule has 45 heavy (non-hydrogen) atoms. The molecule has 2 aromatic heterocycles. The standard InChI is InChI=1S/C34H36FN7O3/c1-34(2,40(3)24-20-44-21-24)18-22(19-36)33(43)41-14-7-8-23(41)16-29-39-30(31-32(37)38-13-15-42(29)31)27-12-11-26(17-28(27)35)45-25-9-5-4-6-10-25/h4-6,9-13,15,17-18,23-24H,7-8,14,16,20-21H2,1-3H3,(H2,37,38). The normalized spacial score (nSPS) is 17.5. The number of benzene rings is 2. The molecular formula is C34H36FN7O3. The van der Waals surface area contributed by atoms with E-state index in [2.05, 4.69) is 16.0 Å². The van der Waals surface area contributed by atoms with E-state index in [0.717, 1.165) is 12.8 Å². The van der Waals surface area contributed by atoms with Gasteiger partial charge in [-0.1, -0.05) is 18.2 Å². The van der Waals surface area contributed by atoms with Gasteiger partial charge in [0.05, 0.1) is 19.3 Å². The van der Waals surface area contributed by atoms with Gasteiger partial charge >= 0.3 is 0 Å². The van der Waals surface area contributed by atoms with Crippen molar-refractivity contribution < 1.29 is 18.7 Å². The summed E-state index contributed by atoms with van der Waals surface area (Å²) in [5.74, 6) is 0.979. The molecule has 1 atom stereocenters. The number of amides is 1. The minimum atomic E-state index is -0.519. The number of likely N-dealkylation sites (N-methyl/N-ethyl adjacent to an activating group) is 1. The van der Waals surface area contributed by atoms with Gasteiger partial charge in [0, 0.05) is 48.6 Å². The number of hydrogen-bond donors (Lipinski definition) is 1. The molecule has 0 spiro atoms. The number of nitriles is 1. The third-order valence-electron chi connectivity index (χ3n) is 8.81. The smallest absolute Gasteiger partial charge is 0.264 e. The molecule has 4 aromatic rings. The lowest BCUT2D eigenvalue weighted by molar-refractivity contribution is -0.127. The van der Waals surface area contributed by atoms with Crippen molar-refractivity contribution in [3.8, 4) is 28.8 Å². The van der Waals surface area contributed by atoms with Crippen LogP contribution in [0.5, 0.6) is 11.5 Å². The maximum atomic E-state index is 15.6. The largest absolute Gasteiger partial charge is 0.457 e. The van der Waals surface area contributed by atoms with Crippen molar-refractivity contribution in [2.45, 2.75) is 50.7 Å². The Hall–Kier alpha value is -4.79. The number of anilines is 1. The van der Waals surface area contributed by atoms with Crippen molar-refractivity contribution in [1.29, 1.82) is 5.26 Å². The SMILES string of the molecule is CN(C1COC1)C(C)(C)C=C(C#N)C(=O)N1CCCC1Cc1nc(-c2ccc(Oc3ccccc3)cc2F)c2c(N)nccn12. The molecule has 2 aromatic carbocycles. The predicted molar refractivity (Wildman–Crippen MR) is 168 cm³/mol. The van der Waals surface area contributed by atoms with E-state index in [-0.39, 0.29) is 34.9 Å².